The molecule has 5 rings (SSSR count). The van der Waals surface area contributed by atoms with E-state index in [0.717, 1.165) is 11.3 Å². The maximum absolute atomic E-state index is 13.6. The van der Waals surface area contributed by atoms with Crippen LogP contribution in [0.5, 0.6) is 0 Å². The lowest BCUT2D eigenvalue weighted by Gasteiger charge is -2.24. The molecule has 3 heterocycles. The van der Waals surface area contributed by atoms with Gasteiger partial charge in [-0.15, -0.1) is 0 Å². The van der Waals surface area contributed by atoms with Crippen LogP contribution in [0.3, 0.4) is 0 Å². The topological polar surface area (TPSA) is 110 Å². The number of aryl methyl sites for hydroxylation is 1. The van der Waals surface area contributed by atoms with Crippen LogP contribution < -0.4 is 4.90 Å². The highest BCUT2D eigenvalue weighted by Crippen LogP contribution is 2.44. The number of carbonyl (C=O) groups is 3. The highest BCUT2D eigenvalue weighted by atomic mass is 35.5. The molecule has 1 unspecified atom stereocenters. The number of benzene rings is 2. The van der Waals surface area contributed by atoms with Crippen LogP contribution >= 0.6 is 22.9 Å². The summed E-state index contributed by atoms with van der Waals surface area (Å²) in [7, 11) is 1.25. The molecule has 0 saturated carbocycles. The lowest BCUT2D eigenvalue weighted by Crippen LogP contribution is -2.31. The van der Waals surface area contributed by atoms with Crippen LogP contribution in [-0.4, -0.2) is 34.9 Å². The van der Waals surface area contributed by atoms with Gasteiger partial charge < -0.3 is 14.3 Å². The van der Waals surface area contributed by atoms with E-state index in [9.17, 15) is 19.5 Å². The number of ether oxygens (including phenoxy) is 1. The van der Waals surface area contributed by atoms with Gasteiger partial charge in [0.25, 0.3) is 5.91 Å². The first-order valence-electron chi connectivity index (χ1n) is 10.4. The van der Waals surface area contributed by atoms with E-state index in [1.807, 2.05) is 6.07 Å². The van der Waals surface area contributed by atoms with Gasteiger partial charge >= 0.3 is 5.97 Å². The first-order valence-corrected chi connectivity index (χ1v) is 11.6. The van der Waals surface area contributed by atoms with E-state index in [1.165, 1.54) is 12.0 Å². The molecule has 1 aliphatic rings. The number of hydrogen-bond donors (Lipinski definition) is 1. The maximum Gasteiger partial charge on any atom is 0.350 e. The summed E-state index contributed by atoms with van der Waals surface area (Å²) in [5, 5.41) is 12.2. The molecule has 10 heteroatoms. The molecule has 4 aromatic rings. The standard InChI is InChI=1S/C25H17ClN2O6S/c1-12-22(24(32)33-2)35-25(27-12)28-19(13-7-9-15(26)10-8-13)18(21(30)23(28)31)20(29)17-11-14-5-3-4-6-16(14)34-17/h3-11,19,30H,1-2H3. The molecule has 2 aromatic carbocycles. The Hall–Kier alpha value is -3.95. The highest BCUT2D eigenvalue weighted by Gasteiger charge is 2.47. The van der Waals surface area contributed by atoms with Crippen molar-refractivity contribution in [2.75, 3.05) is 12.0 Å². The fourth-order valence-corrected chi connectivity index (χ4v) is 5.13. The van der Waals surface area contributed by atoms with Crippen LogP contribution in [0.4, 0.5) is 5.13 Å². The predicted molar refractivity (Wildman–Crippen MR) is 130 cm³/mol. The first-order chi connectivity index (χ1) is 16.8. The zero-order chi connectivity index (χ0) is 24.9. The summed E-state index contributed by atoms with van der Waals surface area (Å²) in [5.74, 6) is -2.81. The van der Waals surface area contributed by atoms with Gasteiger partial charge in [0.1, 0.15) is 10.5 Å². The Kier molecular flexibility index (Phi) is 5.66. The lowest BCUT2D eigenvalue weighted by atomic mass is 9.95. The molecule has 176 valence electrons. The normalized spacial score (nSPS) is 15.8. The van der Waals surface area contributed by atoms with Gasteiger partial charge in [0.2, 0.25) is 5.78 Å². The summed E-state index contributed by atoms with van der Waals surface area (Å²) < 4.78 is 10.5. The van der Waals surface area contributed by atoms with E-state index in [4.69, 9.17) is 20.8 Å². The van der Waals surface area contributed by atoms with Crippen LogP contribution in [0.25, 0.3) is 11.0 Å². The number of para-hydroxylation sites is 1. The van der Waals surface area contributed by atoms with Crippen molar-refractivity contribution in [2.45, 2.75) is 13.0 Å². The Balaban J connectivity index is 1.65. The zero-order valence-corrected chi connectivity index (χ0v) is 20.0. The van der Waals surface area contributed by atoms with Gasteiger partial charge in [-0.3, -0.25) is 14.5 Å². The molecule has 1 amide bonds. The quantitative estimate of drug-likeness (QED) is 0.283. The third kappa shape index (κ3) is 3.78. The van der Waals surface area contributed by atoms with Crippen molar-refractivity contribution in [1.29, 1.82) is 0 Å². The van der Waals surface area contributed by atoms with Crippen molar-refractivity contribution in [3.63, 3.8) is 0 Å². The molecule has 0 radical (unpaired) electrons. The van der Waals surface area contributed by atoms with E-state index in [1.54, 1.807) is 55.5 Å². The van der Waals surface area contributed by atoms with Gasteiger partial charge in [-0.1, -0.05) is 53.3 Å². The Morgan fingerprint density at radius 1 is 1.17 bits per heavy atom. The molecule has 8 nitrogen and oxygen atoms in total. The average molecular weight is 509 g/mol. The summed E-state index contributed by atoms with van der Waals surface area (Å²) in [6.45, 7) is 1.61. The Morgan fingerprint density at radius 3 is 2.57 bits per heavy atom. The second-order valence-electron chi connectivity index (χ2n) is 7.77. The number of thiazole rings is 1. The van der Waals surface area contributed by atoms with Gasteiger partial charge in [0.15, 0.2) is 16.7 Å². The SMILES string of the molecule is COC(=O)c1sc(N2C(=O)C(O)=C(C(=O)c3cc4ccccc4o3)C2c2ccc(Cl)cc2)nc1C. The Morgan fingerprint density at radius 2 is 1.89 bits per heavy atom. The van der Waals surface area contributed by atoms with E-state index < -0.39 is 29.5 Å². The Labute approximate surface area is 208 Å². The fourth-order valence-electron chi connectivity index (χ4n) is 3.99. The summed E-state index contributed by atoms with van der Waals surface area (Å²) in [5.41, 5.74) is 1.21. The van der Waals surface area contributed by atoms with E-state index in [0.29, 0.717) is 27.2 Å². The van der Waals surface area contributed by atoms with Gasteiger partial charge in [-0.2, -0.15) is 0 Å². The number of hydrogen-bond acceptors (Lipinski definition) is 8. The molecule has 1 N–H and O–H groups in total. The van der Waals surface area contributed by atoms with E-state index in [-0.39, 0.29) is 21.3 Å². The number of Topliss-reactive ketones (excluding diaryl/α,β-unsaturated/α-hetero) is 1. The number of aromatic nitrogens is 1. The first kappa shape index (κ1) is 22.8. The van der Waals surface area contributed by atoms with Gasteiger partial charge in [-0.05, 0) is 36.8 Å². The minimum atomic E-state index is -1.03. The molecular formula is C25H17ClN2O6S. The van der Waals surface area contributed by atoms with Crippen LogP contribution in [-0.2, 0) is 9.53 Å². The number of ketones is 1. The number of carbonyl (C=O) groups excluding carboxylic acids is 3. The number of anilines is 1. The fraction of sp³-hybridized carbons (Fsp3) is 0.120. The number of aliphatic hydroxyl groups is 1. The molecule has 0 spiro atoms. The number of furan rings is 1. The monoisotopic (exact) mass is 508 g/mol. The molecule has 35 heavy (non-hydrogen) atoms. The number of esters is 1. The largest absolute Gasteiger partial charge is 0.503 e. The number of aliphatic hydroxyl groups excluding tert-OH is 1. The molecular weight excluding hydrogens is 492 g/mol. The smallest absolute Gasteiger partial charge is 0.350 e. The van der Waals surface area contributed by atoms with Gasteiger partial charge in [0, 0.05) is 10.4 Å². The average Bonchev–Trinajstić information content (AvgIpc) is 3.53. The molecule has 1 atom stereocenters. The van der Waals surface area contributed by atoms with Crippen molar-refractivity contribution in [2.24, 2.45) is 0 Å². The molecule has 0 aliphatic carbocycles. The van der Waals surface area contributed by atoms with Crippen molar-refractivity contribution in [3.8, 4) is 0 Å². The predicted octanol–water partition coefficient (Wildman–Crippen LogP) is 5.42. The van der Waals surface area contributed by atoms with Crippen LogP contribution in [0.15, 0.2) is 70.3 Å². The van der Waals surface area contributed by atoms with Crippen molar-refractivity contribution in [1.82, 2.24) is 4.98 Å². The number of nitrogens with zero attached hydrogens (tertiary/aromatic N) is 2. The maximum atomic E-state index is 13.6. The molecule has 0 bridgehead atoms. The van der Waals surface area contributed by atoms with Crippen LogP contribution in [0.2, 0.25) is 5.02 Å². The number of methoxy groups -OCH3 is 1. The Bertz CT molecular complexity index is 1500. The van der Waals surface area contributed by atoms with Crippen molar-refractivity contribution < 1.29 is 28.6 Å². The molecule has 0 saturated heterocycles. The lowest BCUT2D eigenvalue weighted by molar-refractivity contribution is -0.117. The van der Waals surface area contributed by atoms with Crippen LogP contribution in [0.1, 0.15) is 37.5 Å². The molecule has 2 aromatic heterocycles. The highest BCUT2D eigenvalue weighted by molar-refractivity contribution is 7.17. The number of rotatable bonds is 5. The number of amides is 1. The van der Waals surface area contributed by atoms with E-state index in [2.05, 4.69) is 4.98 Å². The molecule has 1 aliphatic heterocycles. The van der Waals surface area contributed by atoms with E-state index >= 15 is 0 Å². The third-order valence-corrected chi connectivity index (χ3v) is 7.04. The number of fused-ring (bicyclic) bond motifs is 1. The van der Waals surface area contributed by atoms with Gasteiger partial charge in [-0.25, -0.2) is 9.78 Å². The number of halogens is 1. The minimum Gasteiger partial charge on any atom is -0.503 e. The minimum absolute atomic E-state index is 0.0214. The summed E-state index contributed by atoms with van der Waals surface area (Å²) in [4.78, 5) is 44.8. The van der Waals surface area contributed by atoms with Crippen molar-refractivity contribution >= 4 is 56.7 Å². The summed E-state index contributed by atoms with van der Waals surface area (Å²) in [6.07, 6.45) is 0. The second kappa shape index (κ2) is 8.68. The second-order valence-corrected chi connectivity index (χ2v) is 9.19. The zero-order valence-electron chi connectivity index (χ0n) is 18.4. The molecule has 0 fully saturated rings. The summed E-state index contributed by atoms with van der Waals surface area (Å²) >= 11 is 6.99. The van der Waals surface area contributed by atoms with Crippen molar-refractivity contribution in [3.05, 3.63) is 92.8 Å². The third-order valence-electron chi connectivity index (χ3n) is 5.65. The summed E-state index contributed by atoms with van der Waals surface area (Å²) in [6, 6.07) is 14.2. The van der Waals surface area contributed by atoms with Crippen LogP contribution in [0, 0.1) is 6.92 Å². The van der Waals surface area contributed by atoms with Gasteiger partial charge in [0.05, 0.1) is 24.4 Å².